The van der Waals surface area contributed by atoms with Crippen LogP contribution in [0.25, 0.3) is 0 Å². The van der Waals surface area contributed by atoms with Gasteiger partial charge in [-0.25, -0.2) is 14.4 Å². The molecule has 0 heterocycles. The number of hydrogen-bond acceptors (Lipinski definition) is 5. The molecular weight excluding hydrogens is 324 g/mol. The van der Waals surface area contributed by atoms with Crippen molar-refractivity contribution in [2.75, 3.05) is 7.11 Å². The van der Waals surface area contributed by atoms with Gasteiger partial charge in [0.1, 0.15) is 6.61 Å². The van der Waals surface area contributed by atoms with E-state index in [-0.39, 0.29) is 18.0 Å². The number of esters is 2. The van der Waals surface area contributed by atoms with Gasteiger partial charge in [0.05, 0.1) is 7.11 Å². The van der Waals surface area contributed by atoms with Crippen LogP contribution in [0.3, 0.4) is 0 Å². The molecule has 0 amide bonds. The Morgan fingerprint density at radius 1 is 1.12 bits per heavy atom. The second-order valence-corrected chi connectivity index (χ2v) is 4.88. The third-order valence-electron chi connectivity index (χ3n) is 2.66. The lowest BCUT2D eigenvalue weighted by Gasteiger charge is -2.03. The number of rotatable bonds is 7. The molecule has 0 aliphatic carbocycles. The lowest BCUT2D eigenvalue weighted by molar-refractivity contribution is -0.140. The molecule has 0 saturated carbocycles. The van der Waals surface area contributed by atoms with Crippen molar-refractivity contribution in [3.8, 4) is 0 Å². The van der Waals surface area contributed by atoms with E-state index in [1.165, 1.54) is 13.2 Å². The third kappa shape index (κ3) is 11.1. The fraction of sp³-hybridized carbons (Fsp3) is 0.211. The third-order valence-corrected chi connectivity index (χ3v) is 2.66. The molecule has 1 aromatic carbocycles. The van der Waals surface area contributed by atoms with Crippen molar-refractivity contribution >= 4 is 17.9 Å². The van der Waals surface area contributed by atoms with Crippen molar-refractivity contribution in [1.29, 1.82) is 0 Å². The fourth-order valence-electron chi connectivity index (χ4n) is 1.38. The highest BCUT2D eigenvalue weighted by Crippen LogP contribution is 2.02. The zero-order valence-electron chi connectivity index (χ0n) is 14.4. The minimum atomic E-state index is -1.05. The number of carboxylic acids is 1. The van der Waals surface area contributed by atoms with Crippen LogP contribution >= 0.6 is 0 Å². The standard InChI is InChI=1S/C11H12O2.C8H10O4/c1-9(2)11(12)13-8-10-6-4-3-5-7-10;1-6(8(11)12-2)4-3-5-7(9)10/h3-7H,1,8H2,2H3;3,5H,1,4H2,2H3,(H,9,10). The number of allylic oxidation sites excluding steroid dienone is 1. The molecule has 1 N–H and O–H groups in total. The predicted octanol–water partition coefficient (Wildman–Crippen LogP) is 3.05. The van der Waals surface area contributed by atoms with Gasteiger partial charge in [-0.15, -0.1) is 0 Å². The minimum absolute atomic E-state index is 0.193. The summed E-state index contributed by atoms with van der Waals surface area (Å²) in [6.07, 6.45) is 2.48. The molecular formula is C19H22O6. The number of hydrogen-bond donors (Lipinski definition) is 1. The number of ether oxygens (including phenoxy) is 2. The topological polar surface area (TPSA) is 89.9 Å². The van der Waals surface area contributed by atoms with Crippen LogP contribution in [-0.4, -0.2) is 30.1 Å². The number of carbonyl (C=O) groups excluding carboxylic acids is 2. The smallest absolute Gasteiger partial charge is 0.333 e. The van der Waals surface area contributed by atoms with Crippen LogP contribution in [0.5, 0.6) is 0 Å². The highest BCUT2D eigenvalue weighted by Gasteiger charge is 2.03. The summed E-state index contributed by atoms with van der Waals surface area (Å²) in [5, 5.41) is 8.19. The maximum Gasteiger partial charge on any atom is 0.333 e. The van der Waals surface area contributed by atoms with Gasteiger partial charge < -0.3 is 14.6 Å². The number of carboxylic acid groups (broad SMARTS) is 1. The monoisotopic (exact) mass is 346 g/mol. The first kappa shape index (κ1) is 21.9. The van der Waals surface area contributed by atoms with Gasteiger partial charge in [-0.3, -0.25) is 0 Å². The van der Waals surface area contributed by atoms with E-state index < -0.39 is 11.9 Å². The Labute approximate surface area is 147 Å². The van der Waals surface area contributed by atoms with Crippen molar-refractivity contribution in [1.82, 2.24) is 0 Å². The van der Waals surface area contributed by atoms with Crippen LogP contribution in [0.1, 0.15) is 18.9 Å². The van der Waals surface area contributed by atoms with Gasteiger partial charge in [0.2, 0.25) is 0 Å². The van der Waals surface area contributed by atoms with E-state index in [0.717, 1.165) is 11.6 Å². The van der Waals surface area contributed by atoms with Gasteiger partial charge in [0.25, 0.3) is 0 Å². The van der Waals surface area contributed by atoms with Crippen molar-refractivity contribution in [3.05, 3.63) is 72.4 Å². The van der Waals surface area contributed by atoms with Gasteiger partial charge in [-0.05, 0) is 18.9 Å². The number of benzene rings is 1. The minimum Gasteiger partial charge on any atom is -0.478 e. The van der Waals surface area contributed by atoms with Crippen molar-refractivity contribution in [3.63, 3.8) is 0 Å². The Morgan fingerprint density at radius 3 is 2.20 bits per heavy atom. The molecule has 0 aliphatic heterocycles. The summed E-state index contributed by atoms with van der Waals surface area (Å²) in [7, 11) is 1.24. The highest BCUT2D eigenvalue weighted by molar-refractivity contribution is 5.88. The lowest BCUT2D eigenvalue weighted by atomic mass is 10.2. The maximum absolute atomic E-state index is 11.0. The summed E-state index contributed by atoms with van der Waals surface area (Å²) >= 11 is 0. The molecule has 0 saturated heterocycles. The van der Waals surface area contributed by atoms with Gasteiger partial charge in [-0.2, -0.15) is 0 Å². The number of aliphatic carboxylic acids is 1. The molecule has 6 heteroatoms. The second kappa shape index (κ2) is 12.3. The average molecular weight is 346 g/mol. The quantitative estimate of drug-likeness (QED) is 0.603. The van der Waals surface area contributed by atoms with E-state index in [1.807, 2.05) is 30.3 Å². The van der Waals surface area contributed by atoms with Crippen LogP contribution in [0.4, 0.5) is 0 Å². The van der Waals surface area contributed by atoms with E-state index in [2.05, 4.69) is 17.9 Å². The number of methoxy groups -OCH3 is 1. The van der Waals surface area contributed by atoms with E-state index in [0.29, 0.717) is 12.2 Å². The summed E-state index contributed by atoms with van der Waals surface area (Å²) in [6, 6.07) is 9.55. The van der Waals surface area contributed by atoms with E-state index in [9.17, 15) is 14.4 Å². The Hall–Kier alpha value is -3.15. The zero-order chi connectivity index (χ0) is 19.2. The molecule has 0 atom stereocenters. The summed E-state index contributed by atoms with van der Waals surface area (Å²) in [5.74, 6) is -1.92. The molecule has 0 unspecified atom stereocenters. The Kier molecular flexibility index (Phi) is 10.7. The first-order chi connectivity index (χ1) is 11.8. The molecule has 1 rings (SSSR count). The number of carbonyl (C=O) groups is 3. The van der Waals surface area contributed by atoms with Gasteiger partial charge in [0, 0.05) is 17.2 Å². The molecule has 134 valence electrons. The van der Waals surface area contributed by atoms with Crippen molar-refractivity contribution < 1.29 is 29.0 Å². The van der Waals surface area contributed by atoms with Crippen molar-refractivity contribution in [2.45, 2.75) is 20.0 Å². The molecule has 0 aromatic heterocycles. The maximum atomic E-state index is 11.0. The van der Waals surface area contributed by atoms with Crippen LogP contribution in [0.15, 0.2) is 66.8 Å². The average Bonchev–Trinajstić information content (AvgIpc) is 2.59. The first-order valence-electron chi connectivity index (χ1n) is 7.30. The zero-order valence-corrected chi connectivity index (χ0v) is 14.4. The summed E-state index contributed by atoms with van der Waals surface area (Å²) in [5.41, 5.74) is 1.64. The Balaban J connectivity index is 0.000000463. The van der Waals surface area contributed by atoms with E-state index in [1.54, 1.807) is 6.92 Å². The summed E-state index contributed by atoms with van der Waals surface area (Å²) < 4.78 is 9.30. The summed E-state index contributed by atoms with van der Waals surface area (Å²) in [6.45, 7) is 8.84. The van der Waals surface area contributed by atoms with Gasteiger partial charge in [0.15, 0.2) is 0 Å². The van der Waals surface area contributed by atoms with E-state index in [4.69, 9.17) is 9.84 Å². The molecule has 0 bridgehead atoms. The summed E-state index contributed by atoms with van der Waals surface area (Å²) in [4.78, 5) is 31.7. The van der Waals surface area contributed by atoms with Crippen LogP contribution in [0, 0.1) is 0 Å². The van der Waals surface area contributed by atoms with Crippen LogP contribution < -0.4 is 0 Å². The largest absolute Gasteiger partial charge is 0.478 e. The molecule has 0 spiro atoms. The lowest BCUT2D eigenvalue weighted by Crippen LogP contribution is -2.04. The predicted molar refractivity (Wildman–Crippen MR) is 93.6 cm³/mol. The molecule has 0 radical (unpaired) electrons. The first-order valence-corrected chi connectivity index (χ1v) is 7.30. The Morgan fingerprint density at radius 2 is 1.72 bits per heavy atom. The molecule has 0 fully saturated rings. The van der Waals surface area contributed by atoms with Gasteiger partial charge >= 0.3 is 17.9 Å². The van der Waals surface area contributed by atoms with Crippen LogP contribution in [-0.2, 0) is 30.5 Å². The van der Waals surface area contributed by atoms with Crippen molar-refractivity contribution in [2.24, 2.45) is 0 Å². The normalized spacial score (nSPS) is 9.52. The molecule has 0 aliphatic rings. The Bertz CT molecular complexity index is 643. The fourth-order valence-corrected chi connectivity index (χ4v) is 1.38. The molecule has 6 nitrogen and oxygen atoms in total. The van der Waals surface area contributed by atoms with Crippen LogP contribution in [0.2, 0.25) is 0 Å². The van der Waals surface area contributed by atoms with E-state index >= 15 is 0 Å². The SMILES string of the molecule is C=C(C)C(=O)OCc1ccccc1.C=C(CC=CC(=O)O)C(=O)OC. The molecule has 25 heavy (non-hydrogen) atoms. The molecule has 1 aromatic rings. The van der Waals surface area contributed by atoms with Gasteiger partial charge in [-0.1, -0.05) is 49.6 Å². The highest BCUT2D eigenvalue weighted by atomic mass is 16.5. The second-order valence-electron chi connectivity index (χ2n) is 4.88.